The molecule has 0 atom stereocenters. The average Bonchev–Trinajstić information content (AvgIpc) is 3.11. The van der Waals surface area contributed by atoms with Crippen LogP contribution in [0.25, 0.3) is 0 Å². The SMILES string of the molecule is CCCN1CCN(c2ccccc2CNc2nnc(C(C)(C)O)o2)CC1. The van der Waals surface area contributed by atoms with Crippen LogP contribution in [0.3, 0.4) is 0 Å². The zero-order chi connectivity index (χ0) is 18.6. The van der Waals surface area contributed by atoms with Gasteiger partial charge in [-0.2, -0.15) is 0 Å². The Morgan fingerprint density at radius 3 is 2.54 bits per heavy atom. The zero-order valence-corrected chi connectivity index (χ0v) is 15.9. The van der Waals surface area contributed by atoms with Gasteiger partial charge in [0, 0.05) is 38.4 Å². The minimum atomic E-state index is -1.14. The van der Waals surface area contributed by atoms with Gasteiger partial charge in [-0.05, 0) is 38.4 Å². The molecule has 7 nitrogen and oxygen atoms in total. The Balaban J connectivity index is 1.64. The number of nitrogens with zero attached hydrogens (tertiary/aromatic N) is 4. The number of hydrogen-bond acceptors (Lipinski definition) is 7. The molecule has 2 N–H and O–H groups in total. The molecule has 0 unspecified atom stereocenters. The summed E-state index contributed by atoms with van der Waals surface area (Å²) < 4.78 is 5.49. The highest BCUT2D eigenvalue weighted by molar-refractivity contribution is 5.55. The van der Waals surface area contributed by atoms with E-state index in [9.17, 15) is 5.11 Å². The second kappa shape index (κ2) is 8.05. The van der Waals surface area contributed by atoms with Gasteiger partial charge in [0.15, 0.2) is 0 Å². The van der Waals surface area contributed by atoms with Crippen LogP contribution in [-0.4, -0.2) is 52.9 Å². The van der Waals surface area contributed by atoms with Crippen molar-refractivity contribution in [2.24, 2.45) is 0 Å². The molecular weight excluding hydrogens is 330 g/mol. The second-order valence-corrected chi connectivity index (χ2v) is 7.28. The third-order valence-corrected chi connectivity index (χ3v) is 4.62. The van der Waals surface area contributed by atoms with Gasteiger partial charge < -0.3 is 19.7 Å². The average molecular weight is 359 g/mol. The van der Waals surface area contributed by atoms with Crippen LogP contribution in [0.2, 0.25) is 0 Å². The molecule has 1 saturated heterocycles. The van der Waals surface area contributed by atoms with Gasteiger partial charge in [0.25, 0.3) is 0 Å². The van der Waals surface area contributed by atoms with Crippen LogP contribution in [0, 0.1) is 0 Å². The standard InChI is InChI=1S/C19H29N5O2/c1-4-9-23-10-12-24(13-11-23)16-8-6-5-7-15(16)14-20-18-22-21-17(26-18)19(2,3)25/h5-8,25H,4,9-14H2,1-3H3,(H,20,22). The Kier molecular flexibility index (Phi) is 5.78. The van der Waals surface area contributed by atoms with Gasteiger partial charge in [-0.3, -0.25) is 4.90 Å². The summed E-state index contributed by atoms with van der Waals surface area (Å²) in [6.45, 7) is 11.5. The van der Waals surface area contributed by atoms with Crippen molar-refractivity contribution in [1.82, 2.24) is 15.1 Å². The fraction of sp³-hybridized carbons (Fsp3) is 0.579. The van der Waals surface area contributed by atoms with Crippen molar-refractivity contribution >= 4 is 11.7 Å². The van der Waals surface area contributed by atoms with Crippen molar-refractivity contribution in [2.45, 2.75) is 39.3 Å². The normalized spacial score (nSPS) is 16.1. The molecule has 1 aromatic carbocycles. The van der Waals surface area contributed by atoms with Crippen molar-refractivity contribution in [3.63, 3.8) is 0 Å². The number of benzene rings is 1. The van der Waals surface area contributed by atoms with Crippen molar-refractivity contribution in [2.75, 3.05) is 42.9 Å². The summed E-state index contributed by atoms with van der Waals surface area (Å²) in [4.78, 5) is 4.97. The molecule has 2 heterocycles. The number of hydrogen-bond donors (Lipinski definition) is 2. The monoisotopic (exact) mass is 359 g/mol. The van der Waals surface area contributed by atoms with Gasteiger partial charge in [-0.15, -0.1) is 5.10 Å². The molecule has 0 saturated carbocycles. The fourth-order valence-electron chi connectivity index (χ4n) is 3.21. The van der Waals surface area contributed by atoms with Gasteiger partial charge in [0.2, 0.25) is 5.89 Å². The summed E-state index contributed by atoms with van der Waals surface area (Å²) in [7, 11) is 0. The molecule has 26 heavy (non-hydrogen) atoms. The van der Waals surface area contributed by atoms with E-state index in [2.05, 4.69) is 50.4 Å². The van der Waals surface area contributed by atoms with Crippen LogP contribution in [-0.2, 0) is 12.1 Å². The highest BCUT2D eigenvalue weighted by atomic mass is 16.4. The third-order valence-electron chi connectivity index (χ3n) is 4.62. The highest BCUT2D eigenvalue weighted by Gasteiger charge is 2.24. The van der Waals surface area contributed by atoms with Crippen LogP contribution in [0.4, 0.5) is 11.7 Å². The predicted molar refractivity (Wildman–Crippen MR) is 102 cm³/mol. The van der Waals surface area contributed by atoms with E-state index in [4.69, 9.17) is 4.42 Å². The van der Waals surface area contributed by atoms with Crippen molar-refractivity contribution in [3.8, 4) is 0 Å². The van der Waals surface area contributed by atoms with E-state index in [1.807, 2.05) is 6.07 Å². The molecule has 1 aliphatic rings. The molecule has 142 valence electrons. The first-order valence-electron chi connectivity index (χ1n) is 9.33. The summed E-state index contributed by atoms with van der Waals surface area (Å²) >= 11 is 0. The molecule has 0 spiro atoms. The third kappa shape index (κ3) is 4.53. The van der Waals surface area contributed by atoms with Crippen molar-refractivity contribution < 1.29 is 9.52 Å². The van der Waals surface area contributed by atoms with E-state index < -0.39 is 5.60 Å². The maximum absolute atomic E-state index is 9.93. The second-order valence-electron chi connectivity index (χ2n) is 7.28. The lowest BCUT2D eigenvalue weighted by Crippen LogP contribution is -2.46. The first kappa shape index (κ1) is 18.7. The van der Waals surface area contributed by atoms with Gasteiger partial charge in [0.1, 0.15) is 5.60 Å². The van der Waals surface area contributed by atoms with Crippen LogP contribution < -0.4 is 10.2 Å². The van der Waals surface area contributed by atoms with Gasteiger partial charge in [0.05, 0.1) is 0 Å². The molecule has 3 rings (SSSR count). The quantitative estimate of drug-likeness (QED) is 0.786. The van der Waals surface area contributed by atoms with E-state index in [1.54, 1.807) is 13.8 Å². The van der Waals surface area contributed by atoms with Crippen LogP contribution in [0.15, 0.2) is 28.7 Å². The topological polar surface area (TPSA) is 77.7 Å². The molecule has 1 aromatic heterocycles. The van der Waals surface area contributed by atoms with E-state index in [-0.39, 0.29) is 5.89 Å². The molecule has 1 aliphatic heterocycles. The van der Waals surface area contributed by atoms with Crippen LogP contribution >= 0.6 is 0 Å². The number of rotatable bonds is 7. The maximum atomic E-state index is 9.93. The number of aromatic nitrogens is 2. The number of piperazine rings is 1. The summed E-state index contributed by atoms with van der Waals surface area (Å²) in [6.07, 6.45) is 1.21. The molecule has 7 heteroatoms. The highest BCUT2D eigenvalue weighted by Crippen LogP contribution is 2.24. The number of nitrogens with one attached hydrogen (secondary N) is 1. The molecule has 2 aromatic rings. The largest absolute Gasteiger partial charge is 0.405 e. The first-order chi connectivity index (χ1) is 12.5. The van der Waals surface area contributed by atoms with Gasteiger partial charge >= 0.3 is 6.01 Å². The van der Waals surface area contributed by atoms with E-state index in [0.717, 1.165) is 26.2 Å². The molecule has 0 aliphatic carbocycles. The zero-order valence-electron chi connectivity index (χ0n) is 15.9. The summed E-state index contributed by atoms with van der Waals surface area (Å²) in [5.41, 5.74) is 1.31. The predicted octanol–water partition coefficient (Wildman–Crippen LogP) is 2.44. The summed E-state index contributed by atoms with van der Waals surface area (Å²) in [6, 6.07) is 8.74. The Morgan fingerprint density at radius 1 is 1.15 bits per heavy atom. The van der Waals surface area contributed by atoms with Crippen molar-refractivity contribution in [3.05, 3.63) is 35.7 Å². The Bertz CT molecular complexity index is 702. The summed E-state index contributed by atoms with van der Waals surface area (Å²) in [5, 5.41) is 21.0. The minimum absolute atomic E-state index is 0.209. The molecule has 0 amide bonds. The van der Waals surface area contributed by atoms with E-state index >= 15 is 0 Å². The Labute approximate surface area is 155 Å². The van der Waals surface area contributed by atoms with E-state index in [1.165, 1.54) is 24.2 Å². The van der Waals surface area contributed by atoms with Crippen molar-refractivity contribution in [1.29, 1.82) is 0 Å². The molecule has 0 radical (unpaired) electrons. The van der Waals surface area contributed by atoms with Gasteiger partial charge in [-0.1, -0.05) is 30.2 Å². The smallest absolute Gasteiger partial charge is 0.315 e. The maximum Gasteiger partial charge on any atom is 0.315 e. The molecular formula is C19H29N5O2. The Hall–Kier alpha value is -2.12. The van der Waals surface area contributed by atoms with Gasteiger partial charge in [-0.25, -0.2) is 0 Å². The van der Waals surface area contributed by atoms with Crippen LogP contribution in [0.5, 0.6) is 0 Å². The lowest BCUT2D eigenvalue weighted by molar-refractivity contribution is 0.0489. The number of aliphatic hydroxyl groups is 1. The first-order valence-corrected chi connectivity index (χ1v) is 9.33. The lowest BCUT2D eigenvalue weighted by Gasteiger charge is -2.37. The molecule has 1 fully saturated rings. The minimum Gasteiger partial charge on any atom is -0.405 e. The summed E-state index contributed by atoms with van der Waals surface area (Å²) in [5.74, 6) is 0.209. The van der Waals surface area contributed by atoms with Crippen LogP contribution in [0.1, 0.15) is 38.6 Å². The van der Waals surface area contributed by atoms with E-state index in [0.29, 0.717) is 12.6 Å². The number of para-hydroxylation sites is 1. The number of anilines is 2. The fourth-order valence-corrected chi connectivity index (χ4v) is 3.21. The molecule has 0 bridgehead atoms. The lowest BCUT2D eigenvalue weighted by atomic mass is 10.1. The Morgan fingerprint density at radius 2 is 1.88 bits per heavy atom.